The van der Waals surface area contributed by atoms with E-state index >= 15 is 0 Å². The molecule has 4 rings (SSSR count). The number of ether oxygens (including phenoxy) is 1. The number of hydrogen-bond acceptors (Lipinski definition) is 5. The number of aromatic amines is 1. The second kappa shape index (κ2) is 6.82. The van der Waals surface area contributed by atoms with E-state index in [-0.39, 0.29) is 6.10 Å². The van der Waals surface area contributed by atoms with Crippen LogP contribution in [0.5, 0.6) is 5.75 Å². The van der Waals surface area contributed by atoms with Gasteiger partial charge < -0.3 is 14.8 Å². The van der Waals surface area contributed by atoms with E-state index in [4.69, 9.17) is 4.74 Å². The average molecular weight is 338 g/mol. The number of imidazole rings is 1. The van der Waals surface area contributed by atoms with Crippen LogP contribution in [-0.2, 0) is 6.54 Å². The summed E-state index contributed by atoms with van der Waals surface area (Å²) in [4.78, 5) is 14.0. The van der Waals surface area contributed by atoms with E-state index in [0.29, 0.717) is 6.54 Å². The molecule has 6 heteroatoms. The Kier molecular flexibility index (Phi) is 4.38. The van der Waals surface area contributed by atoms with Gasteiger partial charge in [-0.05, 0) is 37.6 Å². The summed E-state index contributed by atoms with van der Waals surface area (Å²) in [5, 5.41) is 11.5. The number of nitrogens with one attached hydrogen (secondary N) is 1. The number of fused-ring (bicyclic) bond motifs is 1. The molecule has 1 aliphatic heterocycles. The molecule has 2 atom stereocenters. The number of H-pyrrole nitrogens is 1. The number of aryl methyl sites for hydroxylation is 1. The standard InChI is InChI=1S/C19H22N4O2/c1-13-17(22-12-21-13)10-23-8-6-19(18(24)11-23)25-15-4-5-16-14(9-15)3-2-7-20-16/h2-5,7,9,12,18-19,24H,6,8,10-11H2,1H3,(H,21,22)/t18-,19-/m1/s1. The third-order valence-corrected chi connectivity index (χ3v) is 4.77. The monoisotopic (exact) mass is 338 g/mol. The zero-order valence-corrected chi connectivity index (χ0v) is 14.2. The smallest absolute Gasteiger partial charge is 0.127 e. The van der Waals surface area contributed by atoms with Crippen molar-refractivity contribution >= 4 is 10.9 Å². The van der Waals surface area contributed by atoms with Crippen molar-refractivity contribution in [3.05, 3.63) is 54.2 Å². The molecule has 6 nitrogen and oxygen atoms in total. The molecular formula is C19H22N4O2. The third-order valence-electron chi connectivity index (χ3n) is 4.77. The first kappa shape index (κ1) is 16.1. The topological polar surface area (TPSA) is 74.3 Å². The molecule has 3 heterocycles. The van der Waals surface area contributed by atoms with Gasteiger partial charge in [-0.3, -0.25) is 9.88 Å². The van der Waals surface area contributed by atoms with Crippen LogP contribution in [0.1, 0.15) is 17.8 Å². The van der Waals surface area contributed by atoms with Crippen molar-refractivity contribution in [3.63, 3.8) is 0 Å². The highest BCUT2D eigenvalue weighted by molar-refractivity contribution is 5.79. The normalized spacial score (nSPS) is 21.5. The maximum Gasteiger partial charge on any atom is 0.127 e. The van der Waals surface area contributed by atoms with Gasteiger partial charge in [-0.25, -0.2) is 4.98 Å². The number of piperidine rings is 1. The number of aliphatic hydroxyl groups is 1. The molecule has 0 amide bonds. The minimum Gasteiger partial charge on any atom is -0.488 e. The fourth-order valence-corrected chi connectivity index (χ4v) is 3.32. The minimum atomic E-state index is -0.516. The Hall–Kier alpha value is -2.44. The lowest BCUT2D eigenvalue weighted by Gasteiger charge is -2.35. The van der Waals surface area contributed by atoms with Crippen LogP contribution in [-0.4, -0.2) is 50.3 Å². The second-order valence-electron chi connectivity index (χ2n) is 6.58. The number of benzene rings is 1. The number of aromatic nitrogens is 3. The van der Waals surface area contributed by atoms with Crippen LogP contribution in [0.25, 0.3) is 10.9 Å². The van der Waals surface area contributed by atoms with Crippen molar-refractivity contribution in [3.8, 4) is 5.75 Å². The van der Waals surface area contributed by atoms with Gasteiger partial charge in [0.2, 0.25) is 0 Å². The molecule has 0 radical (unpaired) electrons. The maximum absolute atomic E-state index is 10.5. The van der Waals surface area contributed by atoms with Crippen LogP contribution in [0.2, 0.25) is 0 Å². The third kappa shape index (κ3) is 3.50. The van der Waals surface area contributed by atoms with Crippen LogP contribution >= 0.6 is 0 Å². The Morgan fingerprint density at radius 3 is 3.04 bits per heavy atom. The first-order valence-corrected chi connectivity index (χ1v) is 8.60. The van der Waals surface area contributed by atoms with E-state index in [0.717, 1.165) is 47.6 Å². The quantitative estimate of drug-likeness (QED) is 0.763. The van der Waals surface area contributed by atoms with Crippen LogP contribution in [0.4, 0.5) is 0 Å². The van der Waals surface area contributed by atoms with Crippen LogP contribution < -0.4 is 4.74 Å². The van der Waals surface area contributed by atoms with E-state index in [1.807, 2.05) is 37.3 Å². The number of hydrogen-bond donors (Lipinski definition) is 2. The molecule has 2 N–H and O–H groups in total. The van der Waals surface area contributed by atoms with Gasteiger partial charge in [0.05, 0.1) is 17.5 Å². The molecule has 2 aromatic heterocycles. The molecule has 0 saturated carbocycles. The maximum atomic E-state index is 10.5. The highest BCUT2D eigenvalue weighted by Gasteiger charge is 2.29. The van der Waals surface area contributed by atoms with Gasteiger partial charge in [0.25, 0.3) is 0 Å². The number of likely N-dealkylation sites (tertiary alicyclic amines) is 1. The summed E-state index contributed by atoms with van der Waals surface area (Å²) in [6, 6.07) is 9.78. The van der Waals surface area contributed by atoms with Crippen LogP contribution in [0.15, 0.2) is 42.9 Å². The van der Waals surface area contributed by atoms with E-state index in [2.05, 4.69) is 19.9 Å². The number of aliphatic hydroxyl groups excluding tert-OH is 1. The molecule has 0 bridgehead atoms. The van der Waals surface area contributed by atoms with Crippen molar-refractivity contribution < 1.29 is 9.84 Å². The lowest BCUT2D eigenvalue weighted by Crippen LogP contribution is -2.48. The van der Waals surface area contributed by atoms with Crippen LogP contribution in [0.3, 0.4) is 0 Å². The summed E-state index contributed by atoms with van der Waals surface area (Å²) in [7, 11) is 0. The average Bonchev–Trinajstić information content (AvgIpc) is 3.02. The summed E-state index contributed by atoms with van der Waals surface area (Å²) < 4.78 is 6.06. The Morgan fingerprint density at radius 1 is 1.32 bits per heavy atom. The largest absolute Gasteiger partial charge is 0.488 e. The van der Waals surface area contributed by atoms with Gasteiger partial charge in [0, 0.05) is 36.9 Å². The Morgan fingerprint density at radius 2 is 2.24 bits per heavy atom. The SMILES string of the molecule is Cc1[nH]cnc1CN1CC[C@@H](Oc2ccc3ncccc3c2)[C@H](O)C1. The summed E-state index contributed by atoms with van der Waals surface area (Å²) in [5.74, 6) is 0.779. The fourth-order valence-electron chi connectivity index (χ4n) is 3.32. The minimum absolute atomic E-state index is 0.189. The lowest BCUT2D eigenvalue weighted by atomic mass is 10.0. The van der Waals surface area contributed by atoms with Crippen molar-refractivity contribution in [2.24, 2.45) is 0 Å². The van der Waals surface area contributed by atoms with E-state index in [1.165, 1.54) is 0 Å². The second-order valence-corrected chi connectivity index (χ2v) is 6.58. The first-order valence-electron chi connectivity index (χ1n) is 8.60. The van der Waals surface area contributed by atoms with Crippen molar-refractivity contribution in [1.82, 2.24) is 19.9 Å². The van der Waals surface area contributed by atoms with Crippen molar-refractivity contribution in [1.29, 1.82) is 0 Å². The summed E-state index contributed by atoms with van der Waals surface area (Å²) >= 11 is 0. The van der Waals surface area contributed by atoms with Crippen LogP contribution in [0, 0.1) is 6.92 Å². The molecule has 1 aromatic carbocycles. The number of pyridine rings is 1. The molecule has 25 heavy (non-hydrogen) atoms. The van der Waals surface area contributed by atoms with Gasteiger partial charge in [-0.2, -0.15) is 0 Å². The lowest BCUT2D eigenvalue weighted by molar-refractivity contribution is -0.0277. The van der Waals surface area contributed by atoms with Gasteiger partial charge >= 0.3 is 0 Å². The Balaban J connectivity index is 1.39. The molecule has 1 aliphatic rings. The molecule has 0 unspecified atom stereocenters. The zero-order chi connectivity index (χ0) is 17.2. The number of nitrogens with zero attached hydrogens (tertiary/aromatic N) is 3. The van der Waals surface area contributed by atoms with Crippen molar-refractivity contribution in [2.45, 2.75) is 32.1 Å². The summed E-state index contributed by atoms with van der Waals surface area (Å²) in [6.07, 6.45) is 3.58. The molecule has 1 saturated heterocycles. The van der Waals surface area contributed by atoms with Gasteiger partial charge in [0.15, 0.2) is 0 Å². The molecule has 3 aromatic rings. The van der Waals surface area contributed by atoms with Gasteiger partial charge in [-0.15, -0.1) is 0 Å². The molecule has 0 aliphatic carbocycles. The van der Waals surface area contributed by atoms with E-state index in [9.17, 15) is 5.11 Å². The van der Waals surface area contributed by atoms with Crippen molar-refractivity contribution in [2.75, 3.05) is 13.1 Å². The van der Waals surface area contributed by atoms with E-state index < -0.39 is 6.10 Å². The predicted octanol–water partition coefficient (Wildman–Crippen LogP) is 2.28. The predicted molar refractivity (Wildman–Crippen MR) is 95.4 cm³/mol. The Labute approximate surface area is 146 Å². The summed E-state index contributed by atoms with van der Waals surface area (Å²) in [5.41, 5.74) is 3.06. The van der Waals surface area contributed by atoms with Gasteiger partial charge in [-0.1, -0.05) is 6.07 Å². The fraction of sp³-hybridized carbons (Fsp3) is 0.368. The Bertz CT molecular complexity index is 863. The number of β-amino-alcohol motifs (C(OH)–C–C–N with tert-alkyl or cyclic N) is 1. The molecule has 0 spiro atoms. The molecular weight excluding hydrogens is 316 g/mol. The van der Waals surface area contributed by atoms with E-state index in [1.54, 1.807) is 12.5 Å². The molecule has 130 valence electrons. The zero-order valence-electron chi connectivity index (χ0n) is 14.2. The highest BCUT2D eigenvalue weighted by atomic mass is 16.5. The summed E-state index contributed by atoms with van der Waals surface area (Å²) in [6.45, 7) is 4.24. The number of rotatable bonds is 4. The first-order chi connectivity index (χ1) is 12.2. The van der Waals surface area contributed by atoms with Gasteiger partial charge in [0.1, 0.15) is 18.0 Å². The molecule has 1 fully saturated rings. The highest BCUT2D eigenvalue weighted by Crippen LogP contribution is 2.24.